The highest BCUT2D eigenvalue weighted by Crippen LogP contribution is 2.55. The van der Waals surface area contributed by atoms with Crippen molar-refractivity contribution in [3.63, 3.8) is 0 Å². The van der Waals surface area contributed by atoms with E-state index >= 15 is 0 Å². The van der Waals surface area contributed by atoms with Crippen LogP contribution in [0.3, 0.4) is 0 Å². The van der Waals surface area contributed by atoms with Gasteiger partial charge in [-0.1, -0.05) is 18.2 Å². The van der Waals surface area contributed by atoms with Gasteiger partial charge in [-0.25, -0.2) is 0 Å². The Morgan fingerprint density at radius 1 is 1.26 bits per heavy atom. The van der Waals surface area contributed by atoms with Crippen LogP contribution in [0.1, 0.15) is 68.4 Å². The van der Waals surface area contributed by atoms with E-state index in [1.807, 2.05) is 56.3 Å². The minimum Gasteiger partial charge on any atom is -0.487 e. The summed E-state index contributed by atoms with van der Waals surface area (Å²) in [7, 11) is 1.90. The van der Waals surface area contributed by atoms with Crippen molar-refractivity contribution in [3.05, 3.63) is 47.3 Å². The standard InChI is InChI=1S/C27H35N3O5/c1-18-19(16-29(3)28-18)9-10-23(31)30-14-6-12-27(30)15-21-25(34-17-27)20-7-4-5-8-22(20)35-26(21,2)13-11-24(32)33/h4-5,7-8,16,21,25H,6,9-15,17H2,1-3H3,(H,32,33)/t21-,25+,26+,27+/m1/s1. The number of likely N-dealkylation sites (tertiary alicyclic amines) is 1. The largest absolute Gasteiger partial charge is 0.487 e. The minimum absolute atomic E-state index is 0.0298. The number of hydrogen-bond acceptors (Lipinski definition) is 5. The normalized spacial score (nSPS) is 29.5. The molecule has 188 valence electrons. The topological polar surface area (TPSA) is 93.9 Å². The van der Waals surface area contributed by atoms with Crippen molar-refractivity contribution in [2.24, 2.45) is 13.0 Å². The van der Waals surface area contributed by atoms with Crippen LogP contribution in [0.15, 0.2) is 30.5 Å². The Labute approximate surface area is 206 Å². The second-order valence-corrected chi connectivity index (χ2v) is 10.7. The molecule has 2 fully saturated rings. The predicted molar refractivity (Wildman–Crippen MR) is 129 cm³/mol. The Kier molecular flexibility index (Phi) is 6.11. The molecule has 1 aromatic heterocycles. The van der Waals surface area contributed by atoms with E-state index in [0.717, 1.165) is 48.4 Å². The third kappa shape index (κ3) is 4.33. The first-order chi connectivity index (χ1) is 16.7. The summed E-state index contributed by atoms with van der Waals surface area (Å²) < 4.78 is 14.9. The van der Waals surface area contributed by atoms with Crippen molar-refractivity contribution in [3.8, 4) is 5.75 Å². The number of hydrogen-bond donors (Lipinski definition) is 1. The maximum atomic E-state index is 13.5. The Hall–Kier alpha value is -2.87. The van der Waals surface area contributed by atoms with Crippen molar-refractivity contribution in [1.29, 1.82) is 0 Å². The first-order valence-corrected chi connectivity index (χ1v) is 12.6. The van der Waals surface area contributed by atoms with Gasteiger partial charge in [0.15, 0.2) is 0 Å². The molecule has 1 N–H and O–H groups in total. The molecule has 35 heavy (non-hydrogen) atoms. The zero-order valence-corrected chi connectivity index (χ0v) is 20.8. The van der Waals surface area contributed by atoms with E-state index in [4.69, 9.17) is 9.47 Å². The van der Waals surface area contributed by atoms with Gasteiger partial charge >= 0.3 is 5.97 Å². The number of fused-ring (bicyclic) bond motifs is 3. The second-order valence-electron chi connectivity index (χ2n) is 10.7. The summed E-state index contributed by atoms with van der Waals surface area (Å²) in [5, 5.41) is 13.8. The van der Waals surface area contributed by atoms with E-state index in [1.54, 1.807) is 4.68 Å². The van der Waals surface area contributed by atoms with Crippen molar-refractivity contribution < 1.29 is 24.2 Å². The fourth-order valence-electron chi connectivity index (χ4n) is 6.47. The van der Waals surface area contributed by atoms with Gasteiger partial charge in [0.2, 0.25) is 5.91 Å². The molecular weight excluding hydrogens is 446 g/mol. The van der Waals surface area contributed by atoms with Gasteiger partial charge in [-0.2, -0.15) is 5.10 Å². The number of para-hydroxylation sites is 1. The van der Waals surface area contributed by atoms with Crippen LogP contribution in [0.4, 0.5) is 0 Å². The number of aromatic nitrogens is 2. The van der Waals surface area contributed by atoms with Gasteiger partial charge in [-0.05, 0) is 57.6 Å². The first-order valence-electron chi connectivity index (χ1n) is 12.6. The van der Waals surface area contributed by atoms with Gasteiger partial charge in [-0.15, -0.1) is 0 Å². The fourth-order valence-corrected chi connectivity index (χ4v) is 6.47. The number of rotatable bonds is 6. The number of ether oxygens (including phenoxy) is 2. The highest BCUT2D eigenvalue weighted by molar-refractivity contribution is 5.78. The summed E-state index contributed by atoms with van der Waals surface area (Å²) in [6.07, 6.45) is 5.95. The van der Waals surface area contributed by atoms with Crippen molar-refractivity contribution in [2.75, 3.05) is 13.2 Å². The molecule has 0 radical (unpaired) electrons. The van der Waals surface area contributed by atoms with Crippen molar-refractivity contribution >= 4 is 11.9 Å². The Morgan fingerprint density at radius 2 is 2.06 bits per heavy atom. The molecular formula is C27H35N3O5. The third-order valence-electron chi connectivity index (χ3n) is 8.31. The fraction of sp³-hybridized carbons (Fsp3) is 0.593. The summed E-state index contributed by atoms with van der Waals surface area (Å²) in [5.41, 5.74) is 2.03. The van der Waals surface area contributed by atoms with Crippen LogP contribution in [-0.4, -0.2) is 56.0 Å². The highest BCUT2D eigenvalue weighted by atomic mass is 16.5. The monoisotopic (exact) mass is 481 g/mol. The van der Waals surface area contributed by atoms with Gasteiger partial charge in [0, 0.05) is 44.1 Å². The van der Waals surface area contributed by atoms with E-state index < -0.39 is 11.6 Å². The molecule has 0 bridgehead atoms. The number of amides is 1. The van der Waals surface area contributed by atoms with Gasteiger partial charge in [-0.3, -0.25) is 14.3 Å². The number of aliphatic carboxylic acids is 1. The van der Waals surface area contributed by atoms with Crippen LogP contribution in [0.2, 0.25) is 0 Å². The molecule has 3 aliphatic heterocycles. The van der Waals surface area contributed by atoms with Crippen LogP contribution in [-0.2, 0) is 27.8 Å². The number of benzene rings is 1. The number of carbonyl (C=O) groups excluding carboxylic acids is 1. The number of carbonyl (C=O) groups is 2. The molecule has 8 nitrogen and oxygen atoms in total. The molecule has 0 saturated carbocycles. The zero-order chi connectivity index (χ0) is 24.8. The van der Waals surface area contributed by atoms with E-state index in [-0.39, 0.29) is 29.9 Å². The summed E-state index contributed by atoms with van der Waals surface area (Å²) >= 11 is 0. The number of nitrogens with zero attached hydrogens (tertiary/aromatic N) is 3. The lowest BCUT2D eigenvalue weighted by molar-refractivity contribution is -0.180. The number of carboxylic acids is 1. The van der Waals surface area contributed by atoms with E-state index in [0.29, 0.717) is 25.9 Å². The summed E-state index contributed by atoms with van der Waals surface area (Å²) in [5.74, 6) is 0.0421. The summed E-state index contributed by atoms with van der Waals surface area (Å²) in [6.45, 7) is 5.22. The van der Waals surface area contributed by atoms with Gasteiger partial charge in [0.05, 0.1) is 23.9 Å². The quantitative estimate of drug-likeness (QED) is 0.674. The molecule has 3 aliphatic rings. The zero-order valence-electron chi connectivity index (χ0n) is 20.8. The Bertz CT molecular complexity index is 1130. The first kappa shape index (κ1) is 23.9. The summed E-state index contributed by atoms with van der Waals surface area (Å²) in [4.78, 5) is 27.0. The second kappa shape index (κ2) is 8.97. The van der Waals surface area contributed by atoms with Crippen molar-refractivity contribution in [1.82, 2.24) is 14.7 Å². The molecule has 5 rings (SSSR count). The molecule has 0 aliphatic carbocycles. The van der Waals surface area contributed by atoms with Crippen LogP contribution in [0.5, 0.6) is 5.75 Å². The molecule has 2 saturated heterocycles. The molecule has 4 atom stereocenters. The van der Waals surface area contributed by atoms with Crippen LogP contribution < -0.4 is 4.74 Å². The SMILES string of the molecule is Cc1nn(C)cc1CCC(=O)N1CCC[C@]12CO[C@H]1c3ccccc3O[C@@](C)(CCC(=O)O)[C@@H]1C2. The van der Waals surface area contributed by atoms with Crippen LogP contribution in [0.25, 0.3) is 0 Å². The van der Waals surface area contributed by atoms with E-state index in [2.05, 4.69) is 5.10 Å². The Balaban J connectivity index is 1.39. The maximum absolute atomic E-state index is 13.5. The lowest BCUT2D eigenvalue weighted by Gasteiger charge is -2.54. The summed E-state index contributed by atoms with van der Waals surface area (Å²) in [6, 6.07) is 7.89. The van der Waals surface area contributed by atoms with Gasteiger partial charge < -0.3 is 19.5 Å². The maximum Gasteiger partial charge on any atom is 0.303 e. The molecule has 1 amide bonds. The van der Waals surface area contributed by atoms with Gasteiger partial charge in [0.1, 0.15) is 11.4 Å². The number of aryl methyl sites for hydroxylation is 3. The molecule has 1 aromatic carbocycles. The lowest BCUT2D eigenvalue weighted by Crippen LogP contribution is -2.60. The van der Waals surface area contributed by atoms with Gasteiger partial charge in [0.25, 0.3) is 0 Å². The number of carboxylic acid groups (broad SMARTS) is 1. The minimum atomic E-state index is -0.833. The molecule has 0 unspecified atom stereocenters. The predicted octanol–water partition coefficient (Wildman–Crippen LogP) is 3.82. The average molecular weight is 482 g/mol. The molecule has 4 heterocycles. The third-order valence-corrected chi connectivity index (χ3v) is 8.31. The lowest BCUT2D eigenvalue weighted by atomic mass is 9.68. The van der Waals surface area contributed by atoms with Crippen molar-refractivity contribution in [2.45, 2.75) is 76.0 Å². The molecule has 2 aromatic rings. The smallest absolute Gasteiger partial charge is 0.303 e. The van der Waals surface area contributed by atoms with Crippen LogP contribution in [0, 0.1) is 12.8 Å². The average Bonchev–Trinajstić information content (AvgIpc) is 3.38. The molecule has 1 spiro atoms. The Morgan fingerprint density at radius 3 is 2.80 bits per heavy atom. The molecule has 8 heteroatoms. The van der Waals surface area contributed by atoms with E-state index in [1.165, 1.54) is 0 Å². The highest BCUT2D eigenvalue weighted by Gasteiger charge is 2.57. The van der Waals surface area contributed by atoms with E-state index in [9.17, 15) is 14.7 Å². The van der Waals surface area contributed by atoms with Crippen LogP contribution >= 0.6 is 0 Å².